The van der Waals surface area contributed by atoms with Gasteiger partial charge in [0.15, 0.2) is 0 Å². The molecule has 2 N–H and O–H groups in total. The Morgan fingerprint density at radius 2 is 2.55 bits per heavy atom. The summed E-state index contributed by atoms with van der Waals surface area (Å²) in [4.78, 5) is 0.560. The number of rotatable bonds is 1. The number of nitrogens with zero attached hydrogens (tertiary/aromatic N) is 2. The SMILES string of the molecule is N#Cc1cc(C=NN)c(Cl)s1. The van der Waals surface area contributed by atoms with Crippen molar-refractivity contribution in [3.8, 4) is 6.07 Å². The number of hydrazone groups is 1. The molecule has 0 unspecified atom stereocenters. The monoisotopic (exact) mass is 185 g/mol. The van der Waals surface area contributed by atoms with Crippen LogP contribution >= 0.6 is 22.9 Å². The van der Waals surface area contributed by atoms with E-state index in [4.69, 9.17) is 22.7 Å². The molecule has 0 radical (unpaired) electrons. The molecule has 0 aromatic carbocycles. The fourth-order valence-corrected chi connectivity index (χ4v) is 1.61. The van der Waals surface area contributed by atoms with Crippen LogP contribution in [0.25, 0.3) is 0 Å². The fraction of sp³-hybridized carbons (Fsp3) is 0. The largest absolute Gasteiger partial charge is 0.323 e. The van der Waals surface area contributed by atoms with E-state index in [0.717, 1.165) is 0 Å². The molecule has 1 rings (SSSR count). The Morgan fingerprint density at radius 3 is 3.00 bits per heavy atom. The molecule has 56 valence electrons. The van der Waals surface area contributed by atoms with E-state index in [1.807, 2.05) is 6.07 Å². The maximum atomic E-state index is 8.47. The van der Waals surface area contributed by atoms with E-state index in [9.17, 15) is 0 Å². The third kappa shape index (κ3) is 1.70. The van der Waals surface area contributed by atoms with Gasteiger partial charge in [-0.2, -0.15) is 10.4 Å². The van der Waals surface area contributed by atoms with Crippen molar-refractivity contribution >= 4 is 29.2 Å². The van der Waals surface area contributed by atoms with Crippen molar-refractivity contribution in [1.29, 1.82) is 5.26 Å². The Balaban J connectivity index is 3.09. The summed E-state index contributed by atoms with van der Waals surface area (Å²) in [7, 11) is 0. The zero-order valence-corrected chi connectivity index (χ0v) is 6.99. The van der Waals surface area contributed by atoms with Crippen molar-refractivity contribution in [2.75, 3.05) is 0 Å². The van der Waals surface area contributed by atoms with Gasteiger partial charge in [0.1, 0.15) is 15.3 Å². The molecule has 0 spiro atoms. The van der Waals surface area contributed by atoms with E-state index in [2.05, 4.69) is 5.10 Å². The highest BCUT2D eigenvalue weighted by atomic mass is 35.5. The minimum absolute atomic E-state index is 0.538. The van der Waals surface area contributed by atoms with Crippen LogP contribution in [0.1, 0.15) is 10.4 Å². The van der Waals surface area contributed by atoms with Gasteiger partial charge in [-0.15, -0.1) is 11.3 Å². The standard InChI is InChI=1S/C6H4ClN3S/c7-6-4(3-10-9)1-5(2-8)11-6/h1,3H,9H2. The first-order chi connectivity index (χ1) is 5.27. The maximum absolute atomic E-state index is 8.47. The normalized spacial score (nSPS) is 10.2. The fourth-order valence-electron chi connectivity index (χ4n) is 0.606. The number of thiophene rings is 1. The molecule has 0 saturated carbocycles. The van der Waals surface area contributed by atoms with Crippen molar-refractivity contribution in [3.05, 3.63) is 20.8 Å². The zero-order valence-electron chi connectivity index (χ0n) is 5.41. The van der Waals surface area contributed by atoms with Crippen LogP contribution < -0.4 is 5.84 Å². The molecule has 1 aromatic rings. The number of hydrogen-bond donors (Lipinski definition) is 1. The Bertz CT molecular complexity index is 323. The lowest BCUT2D eigenvalue weighted by Gasteiger charge is -1.81. The number of nitrogens with two attached hydrogens (primary N) is 1. The smallest absolute Gasteiger partial charge is 0.110 e. The second-order valence-electron chi connectivity index (χ2n) is 1.73. The minimum atomic E-state index is 0.538. The Kier molecular flexibility index (Phi) is 2.47. The van der Waals surface area contributed by atoms with Crippen molar-refractivity contribution < 1.29 is 0 Å². The summed E-state index contributed by atoms with van der Waals surface area (Å²) in [5, 5.41) is 11.8. The second-order valence-corrected chi connectivity index (χ2v) is 3.38. The molecule has 0 fully saturated rings. The highest BCUT2D eigenvalue weighted by Gasteiger charge is 2.03. The predicted molar refractivity (Wildman–Crippen MR) is 45.8 cm³/mol. The highest BCUT2D eigenvalue weighted by Crippen LogP contribution is 2.25. The average Bonchev–Trinajstić information content (AvgIpc) is 2.33. The van der Waals surface area contributed by atoms with Crippen molar-refractivity contribution in [1.82, 2.24) is 0 Å². The number of halogens is 1. The van der Waals surface area contributed by atoms with Gasteiger partial charge < -0.3 is 5.84 Å². The molecule has 0 atom stereocenters. The van der Waals surface area contributed by atoms with Gasteiger partial charge in [-0.1, -0.05) is 11.6 Å². The number of hydrogen-bond acceptors (Lipinski definition) is 4. The topological polar surface area (TPSA) is 62.2 Å². The molecule has 0 aliphatic carbocycles. The van der Waals surface area contributed by atoms with Gasteiger partial charge in [-0.05, 0) is 6.07 Å². The first kappa shape index (κ1) is 8.05. The Labute approximate surface area is 72.7 Å². The van der Waals surface area contributed by atoms with Crippen molar-refractivity contribution in [2.24, 2.45) is 10.9 Å². The van der Waals surface area contributed by atoms with Gasteiger partial charge in [0.05, 0.1) is 6.21 Å². The maximum Gasteiger partial charge on any atom is 0.110 e. The van der Waals surface area contributed by atoms with Gasteiger partial charge in [0.2, 0.25) is 0 Å². The highest BCUT2D eigenvalue weighted by molar-refractivity contribution is 7.17. The first-order valence-corrected chi connectivity index (χ1v) is 3.90. The van der Waals surface area contributed by atoms with Crippen LogP contribution in [-0.4, -0.2) is 6.21 Å². The number of nitriles is 1. The molecule has 0 saturated heterocycles. The van der Waals surface area contributed by atoms with Crippen LogP contribution in [0.2, 0.25) is 4.34 Å². The lowest BCUT2D eigenvalue weighted by atomic mass is 10.3. The second kappa shape index (κ2) is 3.37. The predicted octanol–water partition coefficient (Wildman–Crippen LogP) is 1.57. The molecular formula is C6H4ClN3S. The van der Waals surface area contributed by atoms with Crippen LogP contribution in [0, 0.1) is 11.3 Å². The zero-order chi connectivity index (χ0) is 8.27. The Morgan fingerprint density at radius 1 is 1.82 bits per heavy atom. The third-order valence-corrected chi connectivity index (χ3v) is 2.33. The molecule has 5 heteroatoms. The summed E-state index contributed by atoms with van der Waals surface area (Å²) >= 11 is 6.93. The first-order valence-electron chi connectivity index (χ1n) is 2.70. The van der Waals surface area contributed by atoms with E-state index in [1.54, 1.807) is 6.07 Å². The van der Waals surface area contributed by atoms with E-state index in [0.29, 0.717) is 14.8 Å². The summed E-state index contributed by atoms with van der Waals surface area (Å²) in [6, 6.07) is 3.62. The van der Waals surface area contributed by atoms with E-state index in [1.165, 1.54) is 17.6 Å². The van der Waals surface area contributed by atoms with Crippen LogP contribution in [0.5, 0.6) is 0 Å². The summed E-state index contributed by atoms with van der Waals surface area (Å²) in [5.74, 6) is 4.91. The molecule has 3 nitrogen and oxygen atoms in total. The minimum Gasteiger partial charge on any atom is -0.323 e. The third-order valence-electron chi connectivity index (χ3n) is 1.04. The van der Waals surface area contributed by atoms with Gasteiger partial charge in [0.25, 0.3) is 0 Å². The van der Waals surface area contributed by atoms with E-state index < -0.39 is 0 Å². The summed E-state index contributed by atoms with van der Waals surface area (Å²) in [6.45, 7) is 0. The van der Waals surface area contributed by atoms with E-state index in [-0.39, 0.29) is 0 Å². The molecule has 0 aliphatic heterocycles. The molecule has 1 heterocycles. The van der Waals surface area contributed by atoms with Gasteiger partial charge in [0, 0.05) is 5.56 Å². The lowest BCUT2D eigenvalue weighted by molar-refractivity contribution is 1.26. The summed E-state index contributed by atoms with van der Waals surface area (Å²) in [6.07, 6.45) is 1.42. The molecule has 0 aliphatic rings. The van der Waals surface area contributed by atoms with Crippen LogP contribution in [0.4, 0.5) is 0 Å². The summed E-state index contributed by atoms with van der Waals surface area (Å²) in [5.41, 5.74) is 0.690. The molecule has 0 bridgehead atoms. The Hall–Kier alpha value is -1.05. The van der Waals surface area contributed by atoms with Crippen molar-refractivity contribution in [3.63, 3.8) is 0 Å². The quantitative estimate of drug-likeness (QED) is 0.410. The van der Waals surface area contributed by atoms with Gasteiger partial charge in [-0.3, -0.25) is 0 Å². The molecule has 1 aromatic heterocycles. The van der Waals surface area contributed by atoms with Crippen LogP contribution in [-0.2, 0) is 0 Å². The molecular weight excluding hydrogens is 182 g/mol. The van der Waals surface area contributed by atoms with Crippen molar-refractivity contribution in [2.45, 2.75) is 0 Å². The van der Waals surface area contributed by atoms with Gasteiger partial charge >= 0.3 is 0 Å². The van der Waals surface area contributed by atoms with Crippen LogP contribution in [0.3, 0.4) is 0 Å². The lowest BCUT2D eigenvalue weighted by Crippen LogP contribution is -1.83. The summed E-state index contributed by atoms with van der Waals surface area (Å²) < 4.78 is 0.538. The van der Waals surface area contributed by atoms with Crippen LogP contribution in [0.15, 0.2) is 11.2 Å². The average molecular weight is 186 g/mol. The van der Waals surface area contributed by atoms with E-state index >= 15 is 0 Å². The molecule has 11 heavy (non-hydrogen) atoms. The van der Waals surface area contributed by atoms with Gasteiger partial charge in [-0.25, -0.2) is 0 Å². The molecule has 0 amide bonds.